The van der Waals surface area contributed by atoms with Crippen LogP contribution >= 0.6 is 0 Å². The zero-order chi connectivity index (χ0) is 12.0. The molecule has 0 radical (unpaired) electrons. The molecule has 1 rings (SSSR count). The molecule has 0 aromatic heterocycles. The lowest BCUT2D eigenvalue weighted by molar-refractivity contribution is 0.215. The van der Waals surface area contributed by atoms with Gasteiger partial charge in [0, 0.05) is 5.54 Å². The highest BCUT2D eigenvalue weighted by molar-refractivity contribution is 6.40. The third kappa shape index (κ3) is 4.83. The molecule has 5 heteroatoms. The Morgan fingerprint density at radius 2 is 1.94 bits per heavy atom. The average molecular weight is 228 g/mol. The summed E-state index contributed by atoms with van der Waals surface area (Å²) in [4.78, 5) is 0. The zero-order valence-corrected chi connectivity index (χ0v) is 10.3. The summed E-state index contributed by atoms with van der Waals surface area (Å²) in [6.45, 7) is 4.29. The lowest BCUT2D eigenvalue weighted by atomic mass is 9.76. The van der Waals surface area contributed by atoms with Crippen molar-refractivity contribution in [3.63, 3.8) is 0 Å². The molecule has 4 nitrogen and oxygen atoms in total. The topological polar surface area (TPSA) is 78.5 Å². The van der Waals surface area contributed by atoms with Crippen molar-refractivity contribution in [3.05, 3.63) is 0 Å². The maximum Gasteiger partial charge on any atom is 0.451 e. The van der Waals surface area contributed by atoms with Crippen molar-refractivity contribution in [2.75, 3.05) is 13.1 Å². The summed E-state index contributed by atoms with van der Waals surface area (Å²) in [5, 5.41) is 20.8. The van der Waals surface area contributed by atoms with Crippen LogP contribution in [0.2, 0.25) is 6.32 Å². The Bertz CT molecular complexity index is 194. The van der Waals surface area contributed by atoms with Gasteiger partial charge in [-0.25, -0.2) is 0 Å². The number of nitrogens with one attached hydrogen (secondary N) is 1. The summed E-state index contributed by atoms with van der Waals surface area (Å²) in [7, 11) is -1.16. The van der Waals surface area contributed by atoms with Gasteiger partial charge in [0.25, 0.3) is 0 Å². The third-order valence-corrected chi connectivity index (χ3v) is 3.70. The Labute approximate surface area is 98.8 Å². The SMILES string of the molecule is CC(N)(CCCCB(O)O)C1CCNCC1. The smallest absolute Gasteiger partial charge is 0.427 e. The van der Waals surface area contributed by atoms with Crippen LogP contribution in [0.15, 0.2) is 0 Å². The van der Waals surface area contributed by atoms with E-state index in [0.717, 1.165) is 45.2 Å². The van der Waals surface area contributed by atoms with E-state index in [2.05, 4.69) is 12.2 Å². The molecule has 1 unspecified atom stereocenters. The summed E-state index contributed by atoms with van der Waals surface area (Å²) < 4.78 is 0. The summed E-state index contributed by atoms with van der Waals surface area (Å²) in [5.74, 6) is 0.604. The molecule has 0 amide bonds. The average Bonchev–Trinajstić information content (AvgIpc) is 2.26. The highest BCUT2D eigenvalue weighted by Crippen LogP contribution is 2.28. The lowest BCUT2D eigenvalue weighted by Gasteiger charge is -2.37. The van der Waals surface area contributed by atoms with Gasteiger partial charge in [-0.3, -0.25) is 0 Å². The van der Waals surface area contributed by atoms with Crippen LogP contribution in [-0.2, 0) is 0 Å². The maximum absolute atomic E-state index is 8.75. The highest BCUT2D eigenvalue weighted by atomic mass is 16.4. The van der Waals surface area contributed by atoms with Crippen LogP contribution < -0.4 is 11.1 Å². The monoisotopic (exact) mass is 228 g/mol. The highest BCUT2D eigenvalue weighted by Gasteiger charge is 2.30. The Morgan fingerprint density at radius 1 is 1.31 bits per heavy atom. The van der Waals surface area contributed by atoms with Crippen LogP contribution in [-0.4, -0.2) is 35.8 Å². The number of hydrogen-bond donors (Lipinski definition) is 4. The molecule has 1 aliphatic heterocycles. The van der Waals surface area contributed by atoms with Crippen molar-refractivity contribution in [1.82, 2.24) is 5.32 Å². The Hall–Kier alpha value is -0.0951. The molecule has 0 spiro atoms. The quantitative estimate of drug-likeness (QED) is 0.390. The first-order chi connectivity index (χ1) is 7.52. The first-order valence-electron chi connectivity index (χ1n) is 6.38. The summed E-state index contributed by atoms with van der Waals surface area (Å²) in [5.41, 5.74) is 6.26. The molecule has 1 atom stereocenters. The van der Waals surface area contributed by atoms with Gasteiger partial charge < -0.3 is 21.1 Å². The van der Waals surface area contributed by atoms with Crippen LogP contribution in [0, 0.1) is 5.92 Å². The maximum atomic E-state index is 8.75. The third-order valence-electron chi connectivity index (χ3n) is 3.70. The van der Waals surface area contributed by atoms with Gasteiger partial charge in [0.15, 0.2) is 0 Å². The molecule has 1 heterocycles. The van der Waals surface area contributed by atoms with E-state index in [-0.39, 0.29) is 5.54 Å². The van der Waals surface area contributed by atoms with Crippen LogP contribution in [0.25, 0.3) is 0 Å². The predicted octanol–water partition coefficient (Wildman–Crippen LogP) is 0.347. The van der Waals surface area contributed by atoms with E-state index in [1.807, 2.05) is 0 Å². The Morgan fingerprint density at radius 3 is 2.50 bits per heavy atom. The molecule has 0 aromatic carbocycles. The largest absolute Gasteiger partial charge is 0.451 e. The van der Waals surface area contributed by atoms with E-state index in [0.29, 0.717) is 12.2 Å². The number of nitrogens with two attached hydrogens (primary N) is 1. The molecular formula is C11H25BN2O2. The van der Waals surface area contributed by atoms with Gasteiger partial charge in [-0.15, -0.1) is 0 Å². The van der Waals surface area contributed by atoms with Crippen LogP contribution in [0.4, 0.5) is 0 Å². The molecule has 0 aliphatic carbocycles. The second kappa shape index (κ2) is 6.59. The van der Waals surface area contributed by atoms with Gasteiger partial charge >= 0.3 is 7.12 Å². The van der Waals surface area contributed by atoms with Crippen LogP contribution in [0.3, 0.4) is 0 Å². The van der Waals surface area contributed by atoms with Crippen molar-refractivity contribution in [2.45, 2.75) is 50.9 Å². The molecule has 1 aliphatic rings. The zero-order valence-electron chi connectivity index (χ0n) is 10.3. The fourth-order valence-electron chi connectivity index (χ4n) is 2.52. The van der Waals surface area contributed by atoms with Gasteiger partial charge in [-0.1, -0.05) is 12.8 Å². The standard InChI is InChI=1S/C11H25BN2O2/c1-11(13,6-2-3-7-12(15)16)10-4-8-14-9-5-10/h10,14-16H,2-9,13H2,1H3. The minimum atomic E-state index is -1.16. The van der Waals surface area contributed by atoms with Crippen molar-refractivity contribution >= 4 is 7.12 Å². The van der Waals surface area contributed by atoms with Gasteiger partial charge in [-0.2, -0.15) is 0 Å². The Kier molecular flexibility index (Phi) is 5.76. The molecule has 0 bridgehead atoms. The van der Waals surface area contributed by atoms with E-state index in [1.165, 1.54) is 0 Å². The lowest BCUT2D eigenvalue weighted by Crippen LogP contribution is -2.48. The van der Waals surface area contributed by atoms with E-state index < -0.39 is 7.12 Å². The second-order valence-electron chi connectivity index (χ2n) is 5.26. The Balaban J connectivity index is 2.21. The van der Waals surface area contributed by atoms with Gasteiger partial charge in [0.1, 0.15) is 0 Å². The molecule has 1 fully saturated rings. The van der Waals surface area contributed by atoms with Gasteiger partial charge in [-0.05, 0) is 51.5 Å². The van der Waals surface area contributed by atoms with E-state index in [9.17, 15) is 0 Å². The summed E-state index contributed by atoms with van der Waals surface area (Å²) in [6.07, 6.45) is 5.59. The van der Waals surface area contributed by atoms with Crippen LogP contribution in [0.5, 0.6) is 0 Å². The minimum Gasteiger partial charge on any atom is -0.427 e. The van der Waals surface area contributed by atoms with Crippen molar-refractivity contribution in [2.24, 2.45) is 11.7 Å². The van der Waals surface area contributed by atoms with Crippen molar-refractivity contribution in [1.29, 1.82) is 0 Å². The van der Waals surface area contributed by atoms with E-state index in [1.54, 1.807) is 0 Å². The minimum absolute atomic E-state index is 0.0947. The number of rotatable bonds is 6. The van der Waals surface area contributed by atoms with Crippen LogP contribution in [0.1, 0.15) is 39.0 Å². The summed E-state index contributed by atoms with van der Waals surface area (Å²) >= 11 is 0. The van der Waals surface area contributed by atoms with Gasteiger partial charge in [0.2, 0.25) is 0 Å². The summed E-state index contributed by atoms with van der Waals surface area (Å²) in [6, 6.07) is 0. The van der Waals surface area contributed by atoms with Gasteiger partial charge in [0.05, 0.1) is 0 Å². The number of hydrogen-bond acceptors (Lipinski definition) is 4. The van der Waals surface area contributed by atoms with Crippen molar-refractivity contribution < 1.29 is 10.0 Å². The van der Waals surface area contributed by atoms with Crippen molar-refractivity contribution in [3.8, 4) is 0 Å². The second-order valence-corrected chi connectivity index (χ2v) is 5.26. The molecule has 1 saturated heterocycles. The molecule has 5 N–H and O–H groups in total. The first-order valence-corrected chi connectivity index (χ1v) is 6.38. The number of unbranched alkanes of at least 4 members (excludes halogenated alkanes) is 1. The first kappa shape index (κ1) is 14.0. The molecule has 16 heavy (non-hydrogen) atoms. The fraction of sp³-hybridized carbons (Fsp3) is 1.00. The number of piperidine rings is 1. The predicted molar refractivity (Wildman–Crippen MR) is 67.0 cm³/mol. The fourth-order valence-corrected chi connectivity index (χ4v) is 2.52. The molecule has 94 valence electrons. The molecule has 0 saturated carbocycles. The normalized spacial score (nSPS) is 21.8. The molecular weight excluding hydrogens is 203 g/mol. The van der Waals surface area contributed by atoms with E-state index in [4.69, 9.17) is 15.8 Å². The molecule has 0 aromatic rings. The van der Waals surface area contributed by atoms with E-state index >= 15 is 0 Å².